The summed E-state index contributed by atoms with van der Waals surface area (Å²) >= 11 is 0. The predicted molar refractivity (Wildman–Crippen MR) is 160 cm³/mol. The van der Waals surface area contributed by atoms with Gasteiger partial charge in [-0.2, -0.15) is 0 Å². The largest absolute Gasteiger partial charge is 0.497 e. The molecule has 41 heavy (non-hydrogen) atoms. The molecule has 210 valence electrons. The number of hydrogen-bond acceptors (Lipinski definition) is 5. The molecule has 2 amide bonds. The predicted octanol–water partition coefficient (Wildman–Crippen LogP) is 5.76. The zero-order chi connectivity index (χ0) is 28.7. The molecule has 0 radical (unpaired) electrons. The third kappa shape index (κ3) is 9.97. The van der Waals surface area contributed by atoms with Crippen LogP contribution in [0.15, 0.2) is 115 Å². The highest BCUT2D eigenvalue weighted by atomic mass is 16.5. The Bertz CT molecular complexity index is 1400. The van der Waals surface area contributed by atoms with Gasteiger partial charge < -0.3 is 20.1 Å². The lowest BCUT2D eigenvalue weighted by molar-refractivity contribution is -0.123. The summed E-state index contributed by atoms with van der Waals surface area (Å²) in [5.74, 6) is 0.400. The first-order valence-corrected chi connectivity index (χ1v) is 13.6. The van der Waals surface area contributed by atoms with Crippen molar-refractivity contribution >= 4 is 18.1 Å². The second kappa shape index (κ2) is 15.6. The van der Waals surface area contributed by atoms with E-state index in [1.807, 2.05) is 97.1 Å². The van der Waals surface area contributed by atoms with Crippen LogP contribution in [0.25, 0.3) is 6.08 Å². The van der Waals surface area contributed by atoms with E-state index in [2.05, 4.69) is 27.8 Å². The van der Waals surface area contributed by atoms with E-state index in [4.69, 9.17) is 9.47 Å². The van der Waals surface area contributed by atoms with Gasteiger partial charge in [-0.05, 0) is 41.7 Å². The van der Waals surface area contributed by atoms with Gasteiger partial charge in [-0.1, -0.05) is 97.1 Å². The van der Waals surface area contributed by atoms with Crippen LogP contribution in [0.3, 0.4) is 0 Å². The van der Waals surface area contributed by atoms with Gasteiger partial charge in [0.1, 0.15) is 18.4 Å². The number of methoxy groups -OCH3 is 1. The second-order valence-corrected chi connectivity index (χ2v) is 9.57. The van der Waals surface area contributed by atoms with Crippen molar-refractivity contribution < 1.29 is 19.1 Å². The zero-order valence-electron chi connectivity index (χ0n) is 23.1. The van der Waals surface area contributed by atoms with Crippen LogP contribution < -0.4 is 15.4 Å². The Morgan fingerprint density at radius 1 is 0.829 bits per heavy atom. The first kappa shape index (κ1) is 29.1. The fourth-order valence-corrected chi connectivity index (χ4v) is 4.29. The van der Waals surface area contributed by atoms with E-state index in [1.54, 1.807) is 19.4 Å². The SMILES string of the molecule is COc1ccnc(/C=C/[C@H](CCc2ccccc2)NC(=O)[C@H](Cc2ccccc2)NC(=O)OCc2ccccc2)c1. The fraction of sp³-hybridized carbons (Fsp3) is 0.206. The van der Waals surface area contributed by atoms with Gasteiger partial charge in [0.15, 0.2) is 0 Å². The number of hydrogen-bond donors (Lipinski definition) is 2. The molecule has 0 aliphatic carbocycles. The van der Waals surface area contributed by atoms with Gasteiger partial charge in [-0.3, -0.25) is 9.78 Å². The number of pyridine rings is 1. The number of alkyl carbamates (subject to hydrolysis) is 1. The topological polar surface area (TPSA) is 89.5 Å². The molecule has 0 fully saturated rings. The van der Waals surface area contributed by atoms with Gasteiger partial charge in [-0.25, -0.2) is 4.79 Å². The monoisotopic (exact) mass is 549 g/mol. The van der Waals surface area contributed by atoms with Crippen LogP contribution in [0.5, 0.6) is 5.75 Å². The van der Waals surface area contributed by atoms with Crippen LogP contribution in [0, 0.1) is 0 Å². The third-order valence-electron chi connectivity index (χ3n) is 6.51. The Balaban J connectivity index is 1.48. The van der Waals surface area contributed by atoms with Gasteiger partial charge in [0.2, 0.25) is 5.91 Å². The van der Waals surface area contributed by atoms with Gasteiger partial charge in [0, 0.05) is 24.7 Å². The molecule has 0 aliphatic heterocycles. The number of carbonyl (C=O) groups excluding carboxylic acids is 2. The van der Waals surface area contributed by atoms with Gasteiger partial charge >= 0.3 is 6.09 Å². The van der Waals surface area contributed by atoms with E-state index in [0.717, 1.165) is 17.5 Å². The van der Waals surface area contributed by atoms with Crippen LogP contribution in [0.2, 0.25) is 0 Å². The number of carbonyl (C=O) groups is 2. The molecule has 1 heterocycles. The average molecular weight is 550 g/mol. The minimum atomic E-state index is -0.830. The molecule has 0 unspecified atom stereocenters. The number of rotatable bonds is 13. The van der Waals surface area contributed by atoms with E-state index in [0.29, 0.717) is 24.3 Å². The number of aryl methyl sites for hydroxylation is 1. The van der Waals surface area contributed by atoms with Crippen molar-refractivity contribution in [3.63, 3.8) is 0 Å². The minimum absolute atomic E-state index is 0.113. The standard InChI is InChI=1S/C34H35N3O4/c1-40-31-21-22-35-30(24-31)20-19-29(18-17-26-11-5-2-6-12-26)36-33(38)32(23-27-13-7-3-8-14-27)37-34(39)41-25-28-15-9-4-10-16-28/h2-16,19-22,24,29,32H,17-18,23,25H2,1H3,(H,36,38)(H,37,39)/b20-19+/t29-,32-/m0/s1. The van der Waals surface area contributed by atoms with Crippen LogP contribution in [-0.2, 0) is 29.0 Å². The summed E-state index contributed by atoms with van der Waals surface area (Å²) in [4.78, 5) is 30.8. The molecule has 7 heteroatoms. The number of ether oxygens (including phenoxy) is 2. The Kier molecular flexibility index (Phi) is 11.1. The lowest BCUT2D eigenvalue weighted by atomic mass is 10.0. The number of aromatic nitrogens is 1. The van der Waals surface area contributed by atoms with Crippen molar-refractivity contribution in [2.24, 2.45) is 0 Å². The van der Waals surface area contributed by atoms with Crippen LogP contribution in [0.4, 0.5) is 4.79 Å². The summed E-state index contributed by atoms with van der Waals surface area (Å²) in [6.07, 6.45) is 6.56. The van der Waals surface area contributed by atoms with Crippen LogP contribution in [-0.4, -0.2) is 36.2 Å². The average Bonchev–Trinajstić information content (AvgIpc) is 3.02. The second-order valence-electron chi connectivity index (χ2n) is 9.57. The fourth-order valence-electron chi connectivity index (χ4n) is 4.29. The van der Waals surface area contributed by atoms with E-state index in [9.17, 15) is 9.59 Å². The molecular formula is C34H35N3O4. The number of nitrogens with zero attached hydrogens (tertiary/aromatic N) is 1. The van der Waals surface area contributed by atoms with Crippen molar-refractivity contribution in [1.29, 1.82) is 0 Å². The van der Waals surface area contributed by atoms with Crippen LogP contribution in [0.1, 0.15) is 28.8 Å². The molecule has 0 aliphatic rings. The molecule has 0 saturated heterocycles. The summed E-state index contributed by atoms with van der Waals surface area (Å²) in [5, 5.41) is 5.91. The smallest absolute Gasteiger partial charge is 0.408 e. The van der Waals surface area contributed by atoms with E-state index in [-0.39, 0.29) is 18.6 Å². The molecule has 0 saturated carbocycles. The molecule has 2 N–H and O–H groups in total. The summed E-state index contributed by atoms with van der Waals surface area (Å²) in [7, 11) is 1.61. The summed E-state index contributed by atoms with van der Waals surface area (Å²) in [6.45, 7) is 0.113. The number of nitrogens with one attached hydrogen (secondary N) is 2. The Hall–Kier alpha value is -4.91. The van der Waals surface area contributed by atoms with Crippen molar-refractivity contribution in [3.8, 4) is 5.75 Å². The van der Waals surface area contributed by atoms with Crippen molar-refractivity contribution in [3.05, 3.63) is 138 Å². The quantitative estimate of drug-likeness (QED) is 0.221. The summed E-state index contributed by atoms with van der Waals surface area (Å²) in [5.41, 5.74) is 3.67. The number of amides is 2. The first-order chi connectivity index (χ1) is 20.1. The molecule has 1 aromatic heterocycles. The summed E-state index contributed by atoms with van der Waals surface area (Å²) in [6, 6.07) is 31.6. The van der Waals surface area contributed by atoms with Gasteiger partial charge in [-0.15, -0.1) is 0 Å². The zero-order valence-corrected chi connectivity index (χ0v) is 23.1. The van der Waals surface area contributed by atoms with Gasteiger partial charge in [0.05, 0.1) is 12.8 Å². The van der Waals surface area contributed by atoms with Crippen molar-refractivity contribution in [2.45, 2.75) is 38.0 Å². The molecule has 0 spiro atoms. The Labute approximate surface area is 241 Å². The maximum Gasteiger partial charge on any atom is 0.408 e. The molecular weight excluding hydrogens is 514 g/mol. The van der Waals surface area contributed by atoms with E-state index < -0.39 is 12.1 Å². The Morgan fingerprint density at radius 3 is 2.12 bits per heavy atom. The highest BCUT2D eigenvalue weighted by Gasteiger charge is 2.24. The highest BCUT2D eigenvalue weighted by molar-refractivity contribution is 5.86. The molecule has 4 rings (SSSR count). The third-order valence-corrected chi connectivity index (χ3v) is 6.51. The Morgan fingerprint density at radius 2 is 1.46 bits per heavy atom. The molecule has 0 bridgehead atoms. The highest BCUT2D eigenvalue weighted by Crippen LogP contribution is 2.13. The molecule has 3 aromatic carbocycles. The van der Waals surface area contributed by atoms with Gasteiger partial charge in [0.25, 0.3) is 0 Å². The molecule has 7 nitrogen and oxygen atoms in total. The van der Waals surface area contributed by atoms with E-state index >= 15 is 0 Å². The lowest BCUT2D eigenvalue weighted by Crippen LogP contribution is -2.50. The maximum absolute atomic E-state index is 13.6. The van der Waals surface area contributed by atoms with E-state index in [1.165, 1.54) is 5.56 Å². The lowest BCUT2D eigenvalue weighted by Gasteiger charge is -2.22. The molecule has 2 atom stereocenters. The summed E-state index contributed by atoms with van der Waals surface area (Å²) < 4.78 is 10.7. The number of benzene rings is 3. The van der Waals surface area contributed by atoms with Crippen LogP contribution >= 0.6 is 0 Å². The normalized spacial score (nSPS) is 12.3. The molecule has 4 aromatic rings. The minimum Gasteiger partial charge on any atom is -0.497 e. The van der Waals surface area contributed by atoms with Crippen molar-refractivity contribution in [2.75, 3.05) is 7.11 Å². The van der Waals surface area contributed by atoms with Crippen molar-refractivity contribution in [1.82, 2.24) is 15.6 Å². The maximum atomic E-state index is 13.6. The first-order valence-electron chi connectivity index (χ1n) is 13.6.